The minimum Gasteiger partial charge on any atom is -0.381 e. The largest absolute Gasteiger partial charge is 0.381 e. The van der Waals surface area contributed by atoms with E-state index in [4.69, 9.17) is 4.74 Å². The average Bonchev–Trinajstić information content (AvgIpc) is 3.58. The Bertz CT molecular complexity index is 1430. The van der Waals surface area contributed by atoms with Crippen molar-refractivity contribution in [2.24, 2.45) is 5.92 Å². The third-order valence-corrected chi connectivity index (χ3v) is 9.35. The van der Waals surface area contributed by atoms with Crippen LogP contribution in [0.15, 0.2) is 24.3 Å². The van der Waals surface area contributed by atoms with Crippen LogP contribution in [0.5, 0.6) is 0 Å². The number of fused-ring (bicyclic) bond motifs is 2. The molecular formula is C29H36N6O4S. The van der Waals surface area contributed by atoms with Crippen molar-refractivity contribution in [3.8, 4) is 0 Å². The summed E-state index contributed by atoms with van der Waals surface area (Å²) in [5.74, 6) is -0.442. The summed E-state index contributed by atoms with van der Waals surface area (Å²) >= 11 is 1.43. The van der Waals surface area contributed by atoms with E-state index in [1.165, 1.54) is 11.3 Å². The molecule has 0 bridgehead atoms. The second-order valence-electron chi connectivity index (χ2n) is 11.3. The number of thiazole rings is 1. The fourth-order valence-corrected chi connectivity index (χ4v) is 7.04. The summed E-state index contributed by atoms with van der Waals surface area (Å²) in [5, 5.41) is 7.69. The van der Waals surface area contributed by atoms with Gasteiger partial charge in [-0.2, -0.15) is 0 Å². The summed E-state index contributed by atoms with van der Waals surface area (Å²) in [6, 6.07) is 7.10. The van der Waals surface area contributed by atoms with Crippen LogP contribution in [0.2, 0.25) is 0 Å². The van der Waals surface area contributed by atoms with Crippen molar-refractivity contribution in [1.29, 1.82) is 0 Å². The molecule has 2 saturated heterocycles. The van der Waals surface area contributed by atoms with Gasteiger partial charge in [0, 0.05) is 67.5 Å². The van der Waals surface area contributed by atoms with Gasteiger partial charge in [0.2, 0.25) is 5.91 Å². The standard InChI is InChI=1S/C29H36N6O4S/c1-17-3-4-20-19(13-17)14-23(30-20)26(36)31-21-6-10-35(29(38)18-7-11-39-12-8-18)15-24(21)32-27(37)28-33-22-5-9-34(2)16-25(22)40-28/h3-4,13-14,18,21,24,30H,5-12,15-16H2,1-2H3,(H,31,36)(H,32,37)/t21-,24+/m0/s1. The van der Waals surface area contributed by atoms with Crippen LogP contribution in [-0.4, -0.2) is 89.5 Å². The molecule has 1 aromatic carbocycles. The van der Waals surface area contributed by atoms with Gasteiger partial charge in [-0.3, -0.25) is 14.4 Å². The van der Waals surface area contributed by atoms with E-state index in [1.807, 2.05) is 36.1 Å². The number of ether oxygens (including phenoxy) is 1. The molecule has 2 atom stereocenters. The number of benzene rings is 1. The molecule has 40 heavy (non-hydrogen) atoms. The third-order valence-electron chi connectivity index (χ3n) is 8.27. The molecule has 3 aliphatic heterocycles. The van der Waals surface area contributed by atoms with Gasteiger partial charge >= 0.3 is 0 Å². The molecule has 11 heteroatoms. The number of rotatable bonds is 5. The fourth-order valence-electron chi connectivity index (χ4n) is 5.94. The molecule has 6 rings (SSSR count). The third kappa shape index (κ3) is 5.63. The lowest BCUT2D eigenvalue weighted by Gasteiger charge is -2.40. The van der Waals surface area contributed by atoms with Crippen molar-refractivity contribution in [3.63, 3.8) is 0 Å². The number of hydrogen-bond donors (Lipinski definition) is 3. The predicted molar refractivity (Wildman–Crippen MR) is 152 cm³/mol. The Hall–Kier alpha value is -3.28. The number of piperidine rings is 1. The highest BCUT2D eigenvalue weighted by Gasteiger charge is 2.37. The quantitative estimate of drug-likeness (QED) is 0.438. The smallest absolute Gasteiger partial charge is 0.280 e. The summed E-state index contributed by atoms with van der Waals surface area (Å²) in [4.78, 5) is 53.1. The molecule has 0 aliphatic carbocycles. The van der Waals surface area contributed by atoms with Crippen LogP contribution in [0.3, 0.4) is 0 Å². The van der Waals surface area contributed by atoms with Gasteiger partial charge in [0.05, 0.1) is 17.8 Å². The van der Waals surface area contributed by atoms with Crippen LogP contribution in [0.4, 0.5) is 0 Å². The number of aromatic amines is 1. The van der Waals surface area contributed by atoms with E-state index in [9.17, 15) is 14.4 Å². The molecule has 3 aliphatic rings. The Morgan fingerprint density at radius 3 is 2.67 bits per heavy atom. The van der Waals surface area contributed by atoms with Gasteiger partial charge < -0.3 is 30.2 Å². The molecule has 0 radical (unpaired) electrons. The maximum Gasteiger partial charge on any atom is 0.280 e. The highest BCUT2D eigenvalue weighted by atomic mass is 32.1. The molecular weight excluding hydrogens is 528 g/mol. The van der Waals surface area contributed by atoms with Crippen molar-refractivity contribution in [2.45, 2.75) is 51.2 Å². The number of likely N-dealkylation sites (tertiary alicyclic amines) is 1. The molecule has 212 valence electrons. The van der Waals surface area contributed by atoms with E-state index in [-0.39, 0.29) is 29.7 Å². The Morgan fingerprint density at radius 1 is 1.05 bits per heavy atom. The molecule has 0 spiro atoms. The average molecular weight is 565 g/mol. The molecule has 3 N–H and O–H groups in total. The summed E-state index contributed by atoms with van der Waals surface area (Å²) in [6.45, 7) is 5.79. The number of nitrogens with one attached hydrogen (secondary N) is 3. The summed E-state index contributed by atoms with van der Waals surface area (Å²) in [5.41, 5.74) is 3.49. The van der Waals surface area contributed by atoms with Crippen molar-refractivity contribution < 1.29 is 19.1 Å². The zero-order chi connectivity index (χ0) is 27.8. The van der Waals surface area contributed by atoms with Gasteiger partial charge in [-0.05, 0) is 51.4 Å². The van der Waals surface area contributed by atoms with Crippen LogP contribution >= 0.6 is 11.3 Å². The first-order valence-corrected chi connectivity index (χ1v) is 14.9. The highest BCUT2D eigenvalue weighted by Crippen LogP contribution is 2.26. The molecule has 2 aromatic heterocycles. The van der Waals surface area contributed by atoms with E-state index in [0.29, 0.717) is 56.3 Å². The van der Waals surface area contributed by atoms with Crippen LogP contribution < -0.4 is 10.6 Å². The SMILES string of the molecule is Cc1ccc2[nH]c(C(=O)N[C@H]3CCN(C(=O)C4CCOCC4)C[C@H]3NC(=O)c3nc4c(s3)CN(C)CC4)cc2c1. The first-order valence-electron chi connectivity index (χ1n) is 14.1. The molecule has 3 aromatic rings. The van der Waals surface area contributed by atoms with Gasteiger partial charge in [0.1, 0.15) is 5.69 Å². The van der Waals surface area contributed by atoms with Crippen LogP contribution in [-0.2, 0) is 22.5 Å². The number of aromatic nitrogens is 2. The van der Waals surface area contributed by atoms with Gasteiger partial charge in [-0.25, -0.2) is 4.98 Å². The van der Waals surface area contributed by atoms with E-state index in [2.05, 4.69) is 32.5 Å². The first kappa shape index (κ1) is 26.9. The lowest BCUT2D eigenvalue weighted by atomic mass is 9.94. The maximum absolute atomic E-state index is 13.4. The number of H-pyrrole nitrogens is 1. The minimum absolute atomic E-state index is 0.0614. The number of aryl methyl sites for hydroxylation is 1. The molecule has 3 amide bonds. The van der Waals surface area contributed by atoms with Crippen molar-refractivity contribution in [2.75, 3.05) is 39.9 Å². The second-order valence-corrected chi connectivity index (χ2v) is 12.4. The molecule has 10 nitrogen and oxygen atoms in total. The van der Waals surface area contributed by atoms with Gasteiger partial charge in [-0.15, -0.1) is 11.3 Å². The van der Waals surface area contributed by atoms with Gasteiger partial charge in [-0.1, -0.05) is 11.6 Å². The summed E-state index contributed by atoms with van der Waals surface area (Å²) in [7, 11) is 2.07. The van der Waals surface area contributed by atoms with Gasteiger partial charge in [0.25, 0.3) is 11.8 Å². The van der Waals surface area contributed by atoms with E-state index in [0.717, 1.165) is 46.5 Å². The number of likely N-dealkylation sites (N-methyl/N-ethyl adjacent to an activating group) is 1. The van der Waals surface area contributed by atoms with Crippen molar-refractivity contribution in [1.82, 2.24) is 30.4 Å². The summed E-state index contributed by atoms with van der Waals surface area (Å²) in [6.07, 6.45) is 2.80. The Balaban J connectivity index is 1.20. The number of nitrogens with zero attached hydrogens (tertiary/aromatic N) is 3. The maximum atomic E-state index is 13.4. The van der Waals surface area contributed by atoms with Gasteiger partial charge in [0.15, 0.2) is 5.01 Å². The van der Waals surface area contributed by atoms with Crippen LogP contribution in [0, 0.1) is 12.8 Å². The predicted octanol–water partition coefficient (Wildman–Crippen LogP) is 2.48. The molecule has 0 saturated carbocycles. The van der Waals surface area contributed by atoms with Crippen LogP contribution in [0.25, 0.3) is 10.9 Å². The fraction of sp³-hybridized carbons (Fsp3) is 0.517. The Morgan fingerprint density at radius 2 is 1.85 bits per heavy atom. The second kappa shape index (κ2) is 11.3. The normalized spacial score (nSPS) is 22.2. The summed E-state index contributed by atoms with van der Waals surface area (Å²) < 4.78 is 5.45. The van der Waals surface area contributed by atoms with E-state index in [1.54, 1.807) is 0 Å². The lowest BCUT2D eigenvalue weighted by molar-refractivity contribution is -0.140. The van der Waals surface area contributed by atoms with E-state index >= 15 is 0 Å². The first-order chi connectivity index (χ1) is 19.3. The monoisotopic (exact) mass is 564 g/mol. The molecule has 0 unspecified atom stereocenters. The Kier molecular flexibility index (Phi) is 7.61. The highest BCUT2D eigenvalue weighted by molar-refractivity contribution is 7.13. The number of carbonyl (C=O) groups is 3. The zero-order valence-electron chi connectivity index (χ0n) is 23.0. The molecule has 2 fully saturated rings. The lowest BCUT2D eigenvalue weighted by Crippen LogP contribution is -2.62. The van der Waals surface area contributed by atoms with E-state index < -0.39 is 6.04 Å². The Labute approximate surface area is 237 Å². The van der Waals surface area contributed by atoms with Crippen LogP contribution in [0.1, 0.15) is 55.7 Å². The topological polar surface area (TPSA) is 120 Å². The number of amides is 3. The van der Waals surface area contributed by atoms with Crippen molar-refractivity contribution in [3.05, 3.63) is 51.1 Å². The van der Waals surface area contributed by atoms with Crippen molar-refractivity contribution >= 4 is 40.0 Å². The zero-order valence-corrected chi connectivity index (χ0v) is 23.8. The minimum atomic E-state index is -0.441. The number of hydrogen-bond acceptors (Lipinski definition) is 7. The number of carbonyl (C=O) groups excluding carboxylic acids is 3. The molecule has 5 heterocycles.